The van der Waals surface area contributed by atoms with E-state index in [-0.39, 0.29) is 0 Å². The normalized spacial score (nSPS) is 10.4. The molecule has 14 heavy (non-hydrogen) atoms. The predicted molar refractivity (Wildman–Crippen MR) is 56.9 cm³/mol. The van der Waals surface area contributed by atoms with Crippen LogP contribution in [-0.2, 0) is 6.54 Å². The molecule has 2 aromatic rings. The Kier molecular flexibility index (Phi) is 2.65. The lowest BCUT2D eigenvalue weighted by atomic mass is 10.1. The Morgan fingerprint density at radius 1 is 1.14 bits per heavy atom. The first-order valence-corrected chi connectivity index (χ1v) is 4.68. The predicted octanol–water partition coefficient (Wildman–Crippen LogP) is 2.67. The molecule has 0 unspecified atom stereocenters. The minimum Gasteiger partial charge on any atom is -0.464 e. The van der Waals surface area contributed by atoms with E-state index in [9.17, 15) is 0 Å². The molecular formula is C12H13NO. The lowest BCUT2D eigenvalue weighted by molar-refractivity contribution is 0.581. The fourth-order valence-corrected chi connectivity index (χ4v) is 1.54. The average molecular weight is 187 g/mol. The molecule has 2 rings (SSSR count). The highest BCUT2D eigenvalue weighted by Crippen LogP contribution is 2.23. The van der Waals surface area contributed by atoms with Gasteiger partial charge in [-0.15, -0.1) is 0 Å². The van der Waals surface area contributed by atoms with E-state index in [1.165, 1.54) is 5.56 Å². The number of hydrogen-bond acceptors (Lipinski definition) is 2. The first-order chi connectivity index (χ1) is 6.92. The summed E-state index contributed by atoms with van der Waals surface area (Å²) in [6.45, 7) is 0.858. The van der Waals surface area contributed by atoms with Gasteiger partial charge in [0.1, 0.15) is 5.76 Å². The van der Waals surface area contributed by atoms with Crippen LogP contribution in [0.4, 0.5) is 0 Å². The van der Waals surface area contributed by atoms with Crippen molar-refractivity contribution in [2.75, 3.05) is 7.05 Å². The molecule has 0 saturated heterocycles. The number of rotatable bonds is 3. The van der Waals surface area contributed by atoms with Gasteiger partial charge >= 0.3 is 0 Å². The van der Waals surface area contributed by atoms with E-state index in [1.807, 2.05) is 31.3 Å². The summed E-state index contributed by atoms with van der Waals surface area (Å²) < 4.78 is 5.38. The van der Waals surface area contributed by atoms with Gasteiger partial charge in [0.25, 0.3) is 0 Å². The van der Waals surface area contributed by atoms with E-state index in [0.29, 0.717) is 0 Å². The lowest BCUT2D eigenvalue weighted by Gasteiger charge is -2.05. The van der Waals surface area contributed by atoms with Crippen LogP contribution in [0.2, 0.25) is 0 Å². The van der Waals surface area contributed by atoms with Crippen molar-refractivity contribution >= 4 is 0 Å². The first-order valence-electron chi connectivity index (χ1n) is 4.68. The maximum atomic E-state index is 5.38. The molecule has 2 heteroatoms. The topological polar surface area (TPSA) is 25.2 Å². The van der Waals surface area contributed by atoms with E-state index in [2.05, 4.69) is 17.4 Å². The van der Waals surface area contributed by atoms with Gasteiger partial charge in [-0.2, -0.15) is 0 Å². The van der Waals surface area contributed by atoms with Gasteiger partial charge in [-0.25, -0.2) is 0 Å². The molecule has 2 nitrogen and oxygen atoms in total. The SMILES string of the molecule is CNCc1ccccc1-c1ccco1. The van der Waals surface area contributed by atoms with E-state index in [1.54, 1.807) is 6.26 Å². The van der Waals surface area contributed by atoms with Crippen LogP contribution in [0.1, 0.15) is 5.56 Å². The molecule has 0 bridgehead atoms. The third-order valence-electron chi connectivity index (χ3n) is 2.17. The second kappa shape index (κ2) is 4.11. The van der Waals surface area contributed by atoms with Gasteiger partial charge in [0.2, 0.25) is 0 Å². The van der Waals surface area contributed by atoms with Gasteiger partial charge < -0.3 is 9.73 Å². The first kappa shape index (κ1) is 9.03. The van der Waals surface area contributed by atoms with Crippen molar-refractivity contribution in [1.82, 2.24) is 5.32 Å². The van der Waals surface area contributed by atoms with Crippen molar-refractivity contribution in [1.29, 1.82) is 0 Å². The van der Waals surface area contributed by atoms with Crippen molar-refractivity contribution in [3.63, 3.8) is 0 Å². The Hall–Kier alpha value is -1.54. The second-order valence-corrected chi connectivity index (χ2v) is 3.16. The molecule has 0 fully saturated rings. The smallest absolute Gasteiger partial charge is 0.134 e. The van der Waals surface area contributed by atoms with Crippen LogP contribution in [0.15, 0.2) is 47.1 Å². The minimum atomic E-state index is 0.858. The van der Waals surface area contributed by atoms with Gasteiger partial charge in [0.15, 0.2) is 0 Å². The monoisotopic (exact) mass is 187 g/mol. The van der Waals surface area contributed by atoms with E-state index >= 15 is 0 Å². The summed E-state index contributed by atoms with van der Waals surface area (Å²) in [5.41, 5.74) is 2.41. The van der Waals surface area contributed by atoms with Gasteiger partial charge in [0, 0.05) is 12.1 Å². The highest BCUT2D eigenvalue weighted by Gasteiger charge is 2.04. The molecular weight excluding hydrogens is 174 g/mol. The summed E-state index contributed by atoms with van der Waals surface area (Å²) in [6, 6.07) is 12.1. The zero-order chi connectivity index (χ0) is 9.80. The van der Waals surface area contributed by atoms with Crippen LogP contribution in [0.25, 0.3) is 11.3 Å². The molecule has 0 aliphatic carbocycles. The maximum Gasteiger partial charge on any atom is 0.134 e. The molecule has 72 valence electrons. The van der Waals surface area contributed by atoms with Crippen LogP contribution < -0.4 is 5.32 Å². The number of hydrogen-bond donors (Lipinski definition) is 1. The van der Waals surface area contributed by atoms with Crippen LogP contribution >= 0.6 is 0 Å². The number of furan rings is 1. The fraction of sp³-hybridized carbons (Fsp3) is 0.167. The molecule has 1 aromatic carbocycles. The molecule has 0 spiro atoms. The van der Waals surface area contributed by atoms with Crippen LogP contribution in [0, 0.1) is 0 Å². The summed E-state index contributed by atoms with van der Waals surface area (Å²) >= 11 is 0. The molecule has 0 amide bonds. The molecule has 0 atom stereocenters. The lowest BCUT2D eigenvalue weighted by Crippen LogP contribution is -2.05. The van der Waals surface area contributed by atoms with Gasteiger partial charge in [-0.05, 0) is 24.7 Å². The zero-order valence-electron chi connectivity index (χ0n) is 8.16. The quantitative estimate of drug-likeness (QED) is 0.799. The average Bonchev–Trinajstić information content (AvgIpc) is 2.72. The highest BCUT2D eigenvalue weighted by atomic mass is 16.3. The molecule has 1 aromatic heterocycles. The van der Waals surface area contributed by atoms with Gasteiger partial charge in [0.05, 0.1) is 6.26 Å². The third kappa shape index (κ3) is 1.70. The standard InChI is InChI=1S/C12H13NO/c1-13-9-10-5-2-3-6-11(10)12-7-4-8-14-12/h2-8,13H,9H2,1H3. The minimum absolute atomic E-state index is 0.858. The Labute approximate surface area is 83.6 Å². The van der Waals surface area contributed by atoms with Crippen molar-refractivity contribution in [3.8, 4) is 11.3 Å². The van der Waals surface area contributed by atoms with Crippen LogP contribution in [-0.4, -0.2) is 7.05 Å². The van der Waals surface area contributed by atoms with Gasteiger partial charge in [-0.1, -0.05) is 24.3 Å². The Morgan fingerprint density at radius 3 is 2.71 bits per heavy atom. The molecule has 0 aliphatic rings. The summed E-state index contributed by atoms with van der Waals surface area (Å²) in [5.74, 6) is 0.927. The van der Waals surface area contributed by atoms with Crippen molar-refractivity contribution in [2.24, 2.45) is 0 Å². The fourth-order valence-electron chi connectivity index (χ4n) is 1.54. The summed E-state index contributed by atoms with van der Waals surface area (Å²) in [6.07, 6.45) is 1.70. The Balaban J connectivity index is 2.42. The molecule has 0 radical (unpaired) electrons. The molecule has 0 saturated carbocycles. The second-order valence-electron chi connectivity index (χ2n) is 3.16. The van der Waals surface area contributed by atoms with Crippen molar-refractivity contribution in [3.05, 3.63) is 48.2 Å². The number of benzene rings is 1. The maximum absolute atomic E-state index is 5.38. The van der Waals surface area contributed by atoms with Gasteiger partial charge in [-0.3, -0.25) is 0 Å². The van der Waals surface area contributed by atoms with Crippen LogP contribution in [0.3, 0.4) is 0 Å². The van der Waals surface area contributed by atoms with E-state index in [0.717, 1.165) is 17.9 Å². The highest BCUT2D eigenvalue weighted by molar-refractivity contribution is 5.61. The molecule has 1 N–H and O–H groups in total. The molecule has 1 heterocycles. The van der Waals surface area contributed by atoms with E-state index in [4.69, 9.17) is 4.42 Å². The summed E-state index contributed by atoms with van der Waals surface area (Å²) in [5, 5.41) is 3.14. The number of nitrogens with one attached hydrogen (secondary N) is 1. The van der Waals surface area contributed by atoms with Crippen LogP contribution in [0.5, 0.6) is 0 Å². The third-order valence-corrected chi connectivity index (χ3v) is 2.17. The summed E-state index contributed by atoms with van der Waals surface area (Å²) in [4.78, 5) is 0. The van der Waals surface area contributed by atoms with Crippen molar-refractivity contribution in [2.45, 2.75) is 6.54 Å². The Bertz CT molecular complexity index is 392. The Morgan fingerprint density at radius 2 is 2.00 bits per heavy atom. The van der Waals surface area contributed by atoms with E-state index < -0.39 is 0 Å². The zero-order valence-corrected chi connectivity index (χ0v) is 8.16. The summed E-state index contributed by atoms with van der Waals surface area (Å²) in [7, 11) is 1.94. The largest absolute Gasteiger partial charge is 0.464 e. The molecule has 0 aliphatic heterocycles. The van der Waals surface area contributed by atoms with Crippen molar-refractivity contribution < 1.29 is 4.42 Å².